The molecule has 0 atom stereocenters. The van der Waals surface area contributed by atoms with Gasteiger partial charge in [-0.25, -0.2) is 0 Å². The van der Waals surface area contributed by atoms with E-state index in [9.17, 15) is 4.79 Å². The van der Waals surface area contributed by atoms with E-state index in [0.717, 1.165) is 31.6 Å². The molecular formula is C13H15N3O. The highest BCUT2D eigenvalue weighted by Gasteiger charge is 2.23. The van der Waals surface area contributed by atoms with Crippen molar-refractivity contribution in [2.45, 2.75) is 19.8 Å². The van der Waals surface area contributed by atoms with Crippen LogP contribution < -0.4 is 4.90 Å². The molecule has 0 saturated carbocycles. The minimum Gasteiger partial charge on any atom is -0.369 e. The van der Waals surface area contributed by atoms with E-state index in [1.165, 1.54) is 0 Å². The zero-order valence-corrected chi connectivity index (χ0v) is 9.89. The van der Waals surface area contributed by atoms with E-state index in [-0.39, 0.29) is 11.7 Å². The number of carbonyl (C=O) groups excluding carboxylic acids is 1. The SMILES string of the molecule is CC(=O)C1CCN(c2cnccc2C#N)CC1. The molecule has 0 radical (unpaired) electrons. The molecule has 0 N–H and O–H groups in total. The van der Waals surface area contributed by atoms with Gasteiger partial charge < -0.3 is 4.90 Å². The number of piperidine rings is 1. The molecular weight excluding hydrogens is 214 g/mol. The molecule has 0 aliphatic carbocycles. The minimum atomic E-state index is 0.188. The lowest BCUT2D eigenvalue weighted by Crippen LogP contribution is -2.36. The van der Waals surface area contributed by atoms with E-state index in [4.69, 9.17) is 5.26 Å². The first-order chi connectivity index (χ1) is 8.22. The summed E-state index contributed by atoms with van der Waals surface area (Å²) in [6.45, 7) is 3.31. The van der Waals surface area contributed by atoms with Crippen LogP contribution in [0.5, 0.6) is 0 Å². The van der Waals surface area contributed by atoms with Crippen molar-refractivity contribution in [3.05, 3.63) is 24.0 Å². The number of hydrogen-bond acceptors (Lipinski definition) is 4. The Morgan fingerprint density at radius 2 is 2.24 bits per heavy atom. The number of nitrogens with zero attached hydrogens (tertiary/aromatic N) is 3. The second kappa shape index (κ2) is 4.96. The molecule has 0 aromatic carbocycles. The molecule has 0 spiro atoms. The molecule has 1 fully saturated rings. The molecule has 0 bridgehead atoms. The largest absolute Gasteiger partial charge is 0.369 e. The summed E-state index contributed by atoms with van der Waals surface area (Å²) < 4.78 is 0. The number of aromatic nitrogens is 1. The molecule has 1 aliphatic rings. The summed E-state index contributed by atoms with van der Waals surface area (Å²) >= 11 is 0. The lowest BCUT2D eigenvalue weighted by atomic mass is 9.93. The fraction of sp³-hybridized carbons (Fsp3) is 0.462. The van der Waals surface area contributed by atoms with E-state index < -0.39 is 0 Å². The summed E-state index contributed by atoms with van der Waals surface area (Å²) in [4.78, 5) is 17.5. The van der Waals surface area contributed by atoms with E-state index in [0.29, 0.717) is 5.56 Å². The summed E-state index contributed by atoms with van der Waals surface area (Å²) in [5.41, 5.74) is 1.54. The van der Waals surface area contributed by atoms with Crippen LogP contribution >= 0.6 is 0 Å². The molecule has 88 valence electrons. The molecule has 1 aromatic heterocycles. The van der Waals surface area contributed by atoms with Gasteiger partial charge in [0.05, 0.1) is 17.4 Å². The highest BCUT2D eigenvalue weighted by Crippen LogP contribution is 2.25. The molecule has 2 heterocycles. The number of rotatable bonds is 2. The number of ketones is 1. The molecule has 4 nitrogen and oxygen atoms in total. The Balaban J connectivity index is 2.11. The number of carbonyl (C=O) groups is 1. The van der Waals surface area contributed by atoms with Gasteiger partial charge in [-0.3, -0.25) is 9.78 Å². The van der Waals surface area contributed by atoms with Gasteiger partial charge in [0.2, 0.25) is 0 Å². The summed E-state index contributed by atoms with van der Waals surface area (Å²) in [7, 11) is 0. The summed E-state index contributed by atoms with van der Waals surface area (Å²) in [5, 5.41) is 9.03. The van der Waals surface area contributed by atoms with Crippen molar-refractivity contribution in [1.82, 2.24) is 4.98 Å². The van der Waals surface area contributed by atoms with Gasteiger partial charge in [0.1, 0.15) is 11.9 Å². The van der Waals surface area contributed by atoms with Crippen LogP contribution in [0.15, 0.2) is 18.5 Å². The Morgan fingerprint density at radius 3 is 2.82 bits per heavy atom. The van der Waals surface area contributed by atoms with Crippen molar-refractivity contribution in [3.8, 4) is 6.07 Å². The first-order valence-electron chi connectivity index (χ1n) is 5.82. The second-order valence-corrected chi connectivity index (χ2v) is 4.38. The fourth-order valence-corrected chi connectivity index (χ4v) is 2.26. The van der Waals surface area contributed by atoms with E-state index >= 15 is 0 Å². The van der Waals surface area contributed by atoms with Gasteiger partial charge in [0.15, 0.2) is 0 Å². The second-order valence-electron chi connectivity index (χ2n) is 4.38. The third kappa shape index (κ3) is 2.44. The molecule has 2 rings (SSSR count). The monoisotopic (exact) mass is 229 g/mol. The molecule has 0 unspecified atom stereocenters. The highest BCUT2D eigenvalue weighted by atomic mass is 16.1. The number of pyridine rings is 1. The zero-order valence-electron chi connectivity index (χ0n) is 9.89. The van der Waals surface area contributed by atoms with E-state index in [2.05, 4.69) is 16.0 Å². The zero-order chi connectivity index (χ0) is 12.3. The third-order valence-electron chi connectivity index (χ3n) is 3.33. The van der Waals surface area contributed by atoms with Gasteiger partial charge in [0.25, 0.3) is 0 Å². The predicted molar refractivity (Wildman–Crippen MR) is 64.6 cm³/mol. The van der Waals surface area contributed by atoms with Crippen molar-refractivity contribution in [2.75, 3.05) is 18.0 Å². The number of anilines is 1. The molecule has 17 heavy (non-hydrogen) atoms. The topological polar surface area (TPSA) is 57.0 Å². The lowest BCUT2D eigenvalue weighted by molar-refractivity contribution is -0.121. The first kappa shape index (κ1) is 11.6. The number of hydrogen-bond donors (Lipinski definition) is 0. The van der Waals surface area contributed by atoms with E-state index in [1.54, 1.807) is 25.4 Å². The van der Waals surface area contributed by atoms with Gasteiger partial charge in [-0.15, -0.1) is 0 Å². The molecule has 1 saturated heterocycles. The van der Waals surface area contributed by atoms with Crippen LogP contribution in [0, 0.1) is 17.2 Å². The fourth-order valence-electron chi connectivity index (χ4n) is 2.26. The van der Waals surface area contributed by atoms with Gasteiger partial charge in [-0.1, -0.05) is 0 Å². The van der Waals surface area contributed by atoms with Gasteiger partial charge in [-0.05, 0) is 25.8 Å². The van der Waals surface area contributed by atoms with Gasteiger partial charge in [0, 0.05) is 25.2 Å². The number of nitriles is 1. The van der Waals surface area contributed by atoms with Crippen molar-refractivity contribution in [3.63, 3.8) is 0 Å². The van der Waals surface area contributed by atoms with Crippen LogP contribution in [0.2, 0.25) is 0 Å². The van der Waals surface area contributed by atoms with Crippen LogP contribution in [0.25, 0.3) is 0 Å². The van der Waals surface area contributed by atoms with Crippen LogP contribution in [-0.2, 0) is 4.79 Å². The van der Waals surface area contributed by atoms with Gasteiger partial charge >= 0.3 is 0 Å². The molecule has 4 heteroatoms. The van der Waals surface area contributed by atoms with Crippen LogP contribution in [0.1, 0.15) is 25.3 Å². The summed E-state index contributed by atoms with van der Waals surface area (Å²) in [6.07, 6.45) is 5.10. The predicted octanol–water partition coefficient (Wildman–Crippen LogP) is 1.76. The summed E-state index contributed by atoms with van der Waals surface area (Å²) in [5.74, 6) is 0.463. The Kier molecular flexibility index (Phi) is 3.38. The Labute approximate surface area is 101 Å². The Bertz CT molecular complexity index is 456. The maximum absolute atomic E-state index is 11.3. The maximum atomic E-state index is 11.3. The third-order valence-corrected chi connectivity index (χ3v) is 3.33. The van der Waals surface area contributed by atoms with Crippen LogP contribution in [0.4, 0.5) is 5.69 Å². The average Bonchev–Trinajstić information content (AvgIpc) is 2.39. The van der Waals surface area contributed by atoms with Crippen molar-refractivity contribution < 1.29 is 4.79 Å². The molecule has 0 amide bonds. The van der Waals surface area contributed by atoms with Crippen molar-refractivity contribution in [1.29, 1.82) is 5.26 Å². The molecule has 1 aromatic rings. The first-order valence-corrected chi connectivity index (χ1v) is 5.82. The summed E-state index contributed by atoms with van der Waals surface area (Å²) in [6, 6.07) is 3.91. The van der Waals surface area contributed by atoms with Gasteiger partial charge in [-0.2, -0.15) is 5.26 Å². The highest BCUT2D eigenvalue weighted by molar-refractivity contribution is 5.78. The van der Waals surface area contributed by atoms with Crippen LogP contribution in [-0.4, -0.2) is 23.9 Å². The lowest BCUT2D eigenvalue weighted by Gasteiger charge is -2.32. The van der Waals surface area contributed by atoms with E-state index in [1.807, 2.05) is 0 Å². The minimum absolute atomic E-state index is 0.188. The standard InChI is InChI=1S/C13H15N3O/c1-10(17)11-3-6-16(7-4-11)13-9-15-5-2-12(13)8-14/h2,5,9,11H,3-4,6-7H2,1H3. The maximum Gasteiger partial charge on any atom is 0.133 e. The quantitative estimate of drug-likeness (QED) is 0.775. The van der Waals surface area contributed by atoms with Crippen LogP contribution in [0.3, 0.4) is 0 Å². The number of Topliss-reactive ketones (excluding diaryl/α,β-unsaturated/α-hetero) is 1. The molecule has 1 aliphatic heterocycles. The smallest absolute Gasteiger partial charge is 0.133 e. The Morgan fingerprint density at radius 1 is 1.53 bits per heavy atom. The Hall–Kier alpha value is -1.89. The van der Waals surface area contributed by atoms with Crippen molar-refractivity contribution in [2.24, 2.45) is 5.92 Å². The normalized spacial score (nSPS) is 16.6. The van der Waals surface area contributed by atoms with Crippen molar-refractivity contribution >= 4 is 11.5 Å². The average molecular weight is 229 g/mol.